The van der Waals surface area contributed by atoms with Crippen LogP contribution in [0.25, 0.3) is 0 Å². The number of hydrogen-bond acceptors (Lipinski definition) is 7. The molecule has 9 nitrogen and oxygen atoms in total. The van der Waals surface area contributed by atoms with Crippen LogP contribution >= 0.6 is 0 Å². The summed E-state index contributed by atoms with van der Waals surface area (Å²) in [5.41, 5.74) is -0.281. The maximum Gasteiger partial charge on any atom is 0.573 e. The van der Waals surface area contributed by atoms with E-state index in [-0.39, 0.29) is 23.5 Å². The zero-order valence-corrected chi connectivity index (χ0v) is 15.2. The minimum atomic E-state index is -4.89. The molecule has 0 aliphatic heterocycles. The molecule has 0 spiro atoms. The Bertz CT molecular complexity index is 919. The summed E-state index contributed by atoms with van der Waals surface area (Å²) in [5, 5.41) is 13.1. The Kier molecular flexibility index (Phi) is 7.56. The Morgan fingerprint density at radius 1 is 1.00 bits per heavy atom. The molecule has 1 N–H and O–H groups in total. The van der Waals surface area contributed by atoms with Crippen LogP contribution in [0.1, 0.15) is 5.56 Å². The lowest BCUT2D eigenvalue weighted by molar-refractivity contribution is -0.385. The van der Waals surface area contributed by atoms with Crippen LogP contribution in [-0.2, 0) is 20.9 Å². The fourth-order valence-corrected chi connectivity index (χ4v) is 2.17. The summed E-state index contributed by atoms with van der Waals surface area (Å²) in [6, 6.07) is 10.6. The highest BCUT2D eigenvalue weighted by Crippen LogP contribution is 2.26. The number of nitrogens with zero attached hydrogens (tertiary/aromatic N) is 1. The molecule has 0 aliphatic rings. The number of alkyl halides is 3. The molecule has 2 rings (SSSR count). The van der Waals surface area contributed by atoms with Crippen LogP contribution in [0.3, 0.4) is 0 Å². The van der Waals surface area contributed by atoms with Gasteiger partial charge in [-0.25, -0.2) is 4.79 Å². The second kappa shape index (κ2) is 10.1. The van der Waals surface area contributed by atoms with Gasteiger partial charge in [0.1, 0.15) is 5.75 Å². The standard InChI is InChI=1S/C18H15F3N2O7/c19-18(20,21)30-14-7-3-1-5-12(14)9-22-16(24)10-29-17(25)11-28-15-8-4-2-6-13(15)23(26)27/h1-8H,9-11H2,(H,22,24). The first-order valence-electron chi connectivity index (χ1n) is 8.28. The topological polar surface area (TPSA) is 117 Å². The van der Waals surface area contributed by atoms with Crippen molar-refractivity contribution in [1.82, 2.24) is 5.32 Å². The molecule has 0 heterocycles. The van der Waals surface area contributed by atoms with Crippen molar-refractivity contribution in [3.05, 3.63) is 64.2 Å². The molecule has 0 radical (unpaired) electrons. The average Bonchev–Trinajstić information content (AvgIpc) is 2.69. The first kappa shape index (κ1) is 22.5. The van der Waals surface area contributed by atoms with E-state index >= 15 is 0 Å². The number of carbonyl (C=O) groups excluding carboxylic acids is 2. The van der Waals surface area contributed by atoms with Crippen molar-refractivity contribution in [1.29, 1.82) is 0 Å². The zero-order chi connectivity index (χ0) is 22.1. The Hall–Kier alpha value is -3.83. The van der Waals surface area contributed by atoms with E-state index in [9.17, 15) is 32.9 Å². The summed E-state index contributed by atoms with van der Waals surface area (Å²) in [7, 11) is 0. The van der Waals surface area contributed by atoms with Crippen LogP contribution in [0, 0.1) is 10.1 Å². The third kappa shape index (κ3) is 7.30. The Labute approximate surface area is 167 Å². The molecular formula is C18H15F3N2O7. The summed E-state index contributed by atoms with van der Waals surface area (Å²) in [6.45, 7) is -1.70. The first-order valence-corrected chi connectivity index (χ1v) is 8.28. The van der Waals surface area contributed by atoms with Gasteiger partial charge in [0.25, 0.3) is 5.91 Å². The molecule has 0 bridgehead atoms. The minimum Gasteiger partial charge on any atom is -0.475 e. The molecule has 2 aromatic rings. The normalized spacial score (nSPS) is 10.8. The fraction of sp³-hybridized carbons (Fsp3) is 0.222. The summed E-state index contributed by atoms with van der Waals surface area (Å²) in [5.74, 6) is -2.37. The van der Waals surface area contributed by atoms with E-state index in [2.05, 4.69) is 14.8 Å². The monoisotopic (exact) mass is 428 g/mol. The number of hydrogen-bond donors (Lipinski definition) is 1. The van der Waals surface area contributed by atoms with E-state index in [0.29, 0.717) is 0 Å². The number of esters is 1. The number of halogens is 3. The van der Waals surface area contributed by atoms with Crippen LogP contribution in [0.5, 0.6) is 11.5 Å². The lowest BCUT2D eigenvalue weighted by Crippen LogP contribution is -2.30. The van der Waals surface area contributed by atoms with Crippen molar-refractivity contribution in [2.45, 2.75) is 12.9 Å². The van der Waals surface area contributed by atoms with E-state index in [4.69, 9.17) is 4.74 Å². The van der Waals surface area contributed by atoms with Gasteiger partial charge in [-0.2, -0.15) is 0 Å². The molecule has 30 heavy (non-hydrogen) atoms. The number of rotatable bonds is 9. The molecule has 160 valence electrons. The number of para-hydroxylation sites is 3. The molecule has 0 aliphatic carbocycles. The fourth-order valence-electron chi connectivity index (χ4n) is 2.17. The molecule has 12 heteroatoms. The minimum absolute atomic E-state index is 0.0641. The third-order valence-electron chi connectivity index (χ3n) is 3.45. The molecule has 0 atom stereocenters. The maximum absolute atomic E-state index is 12.4. The maximum atomic E-state index is 12.4. The Balaban J connectivity index is 1.79. The highest BCUT2D eigenvalue weighted by Gasteiger charge is 2.32. The molecule has 0 aromatic heterocycles. The van der Waals surface area contributed by atoms with Crippen molar-refractivity contribution < 1.29 is 41.9 Å². The van der Waals surface area contributed by atoms with Crippen molar-refractivity contribution >= 4 is 17.6 Å². The summed E-state index contributed by atoms with van der Waals surface area (Å²) in [4.78, 5) is 33.6. The Morgan fingerprint density at radius 2 is 1.63 bits per heavy atom. The lowest BCUT2D eigenvalue weighted by Gasteiger charge is -2.13. The van der Waals surface area contributed by atoms with Crippen LogP contribution in [0.4, 0.5) is 18.9 Å². The van der Waals surface area contributed by atoms with Gasteiger partial charge in [0.15, 0.2) is 19.0 Å². The Morgan fingerprint density at radius 3 is 2.30 bits per heavy atom. The predicted octanol–water partition coefficient (Wildman–Crippen LogP) is 2.73. The number of benzene rings is 2. The van der Waals surface area contributed by atoms with Gasteiger partial charge in [-0.3, -0.25) is 14.9 Å². The van der Waals surface area contributed by atoms with E-state index in [1.807, 2.05) is 0 Å². The van der Waals surface area contributed by atoms with Gasteiger partial charge in [-0.15, -0.1) is 13.2 Å². The lowest BCUT2D eigenvalue weighted by atomic mass is 10.2. The quantitative estimate of drug-likeness (QED) is 0.371. The van der Waals surface area contributed by atoms with E-state index in [1.54, 1.807) is 0 Å². The predicted molar refractivity (Wildman–Crippen MR) is 94.5 cm³/mol. The zero-order valence-electron chi connectivity index (χ0n) is 15.2. The largest absolute Gasteiger partial charge is 0.573 e. The van der Waals surface area contributed by atoms with Gasteiger partial charge < -0.3 is 19.5 Å². The van der Waals surface area contributed by atoms with E-state index < -0.39 is 42.1 Å². The highest BCUT2D eigenvalue weighted by molar-refractivity contribution is 5.81. The van der Waals surface area contributed by atoms with Gasteiger partial charge in [-0.05, 0) is 12.1 Å². The average molecular weight is 428 g/mol. The van der Waals surface area contributed by atoms with Crippen LogP contribution in [0.15, 0.2) is 48.5 Å². The van der Waals surface area contributed by atoms with Gasteiger partial charge in [0, 0.05) is 18.2 Å². The number of ether oxygens (including phenoxy) is 3. The molecule has 0 saturated heterocycles. The van der Waals surface area contributed by atoms with Crippen LogP contribution in [0.2, 0.25) is 0 Å². The molecule has 0 saturated carbocycles. The number of amides is 1. The second-order valence-corrected chi connectivity index (χ2v) is 5.61. The van der Waals surface area contributed by atoms with Crippen LogP contribution < -0.4 is 14.8 Å². The van der Waals surface area contributed by atoms with Gasteiger partial charge in [0.2, 0.25) is 0 Å². The van der Waals surface area contributed by atoms with E-state index in [1.165, 1.54) is 42.5 Å². The second-order valence-electron chi connectivity index (χ2n) is 5.61. The number of nitro benzene ring substituents is 1. The number of nitrogens with one attached hydrogen (secondary N) is 1. The van der Waals surface area contributed by atoms with Gasteiger partial charge >= 0.3 is 18.0 Å². The SMILES string of the molecule is O=C(COC(=O)COc1ccccc1[N+](=O)[O-])NCc1ccccc1OC(F)(F)F. The first-order chi connectivity index (χ1) is 14.2. The van der Waals surface area contributed by atoms with Gasteiger partial charge in [-0.1, -0.05) is 30.3 Å². The summed E-state index contributed by atoms with van der Waals surface area (Å²) in [6.07, 6.45) is -4.89. The molecule has 1 amide bonds. The van der Waals surface area contributed by atoms with E-state index in [0.717, 1.165) is 6.07 Å². The molecular weight excluding hydrogens is 413 g/mol. The van der Waals surface area contributed by atoms with Gasteiger partial charge in [0.05, 0.1) is 4.92 Å². The van der Waals surface area contributed by atoms with Crippen molar-refractivity contribution in [3.63, 3.8) is 0 Å². The highest BCUT2D eigenvalue weighted by atomic mass is 19.4. The number of nitro groups is 1. The van der Waals surface area contributed by atoms with Crippen LogP contribution in [-0.4, -0.2) is 36.4 Å². The smallest absolute Gasteiger partial charge is 0.475 e. The van der Waals surface area contributed by atoms with Crippen molar-refractivity contribution in [3.8, 4) is 11.5 Å². The molecule has 0 unspecified atom stereocenters. The summed E-state index contributed by atoms with van der Waals surface area (Å²) >= 11 is 0. The third-order valence-corrected chi connectivity index (χ3v) is 3.45. The molecule has 2 aromatic carbocycles. The number of carbonyl (C=O) groups is 2. The summed E-state index contributed by atoms with van der Waals surface area (Å²) < 4.78 is 50.7. The molecule has 0 fully saturated rings. The van der Waals surface area contributed by atoms with Crippen molar-refractivity contribution in [2.24, 2.45) is 0 Å². The van der Waals surface area contributed by atoms with Crippen molar-refractivity contribution in [2.75, 3.05) is 13.2 Å².